The Bertz CT molecular complexity index is 854. The highest BCUT2D eigenvalue weighted by atomic mass is 32.3. The minimum Gasteiger partial charge on any atom is -0.277 e. The minimum absolute atomic E-state index is 0.302. The van der Waals surface area contributed by atoms with Crippen LogP contribution >= 0.6 is 0 Å². The number of nitrogens with two attached hydrogens (primary N) is 1. The molecule has 0 amide bonds. The molecule has 3 N–H and O–H groups in total. The van der Waals surface area contributed by atoms with Gasteiger partial charge in [-0.25, -0.2) is 39.2 Å². The van der Waals surface area contributed by atoms with Gasteiger partial charge in [0.2, 0.25) is 20.0 Å². The van der Waals surface area contributed by atoms with Crippen molar-refractivity contribution >= 4 is 35.6 Å². The Morgan fingerprint density at radius 2 is 1.48 bits per heavy atom. The van der Waals surface area contributed by atoms with Gasteiger partial charge >= 0.3 is 0 Å². The molecular weight excluding hydrogens is 354 g/mol. The maximum Gasteiger partial charge on any atom is 0.247 e. The van der Waals surface area contributed by atoms with E-state index >= 15 is 0 Å². The molecule has 0 aliphatic carbocycles. The van der Waals surface area contributed by atoms with E-state index in [0.717, 1.165) is 0 Å². The van der Waals surface area contributed by atoms with Crippen LogP contribution in [0.4, 0.5) is 14.5 Å². The van der Waals surface area contributed by atoms with Crippen molar-refractivity contribution < 1.29 is 34.0 Å². The zero-order valence-electron chi connectivity index (χ0n) is 10.4. The molecule has 0 radical (unpaired) electrons. The molecule has 8 nitrogen and oxygen atoms in total. The van der Waals surface area contributed by atoms with Gasteiger partial charge in [0.1, 0.15) is 5.69 Å². The highest BCUT2D eigenvalue weighted by Crippen LogP contribution is 2.24. The second kappa shape index (κ2) is 5.47. The highest BCUT2D eigenvalue weighted by molar-refractivity contribution is 8.08. The van der Waals surface area contributed by atoms with Crippen molar-refractivity contribution in [2.75, 3.05) is 16.1 Å². The first-order chi connectivity index (χ1) is 9.21. The van der Waals surface area contributed by atoms with E-state index in [0.29, 0.717) is 18.4 Å². The average molecular weight is 364 g/mol. The largest absolute Gasteiger partial charge is 0.277 e. The summed E-state index contributed by atoms with van der Waals surface area (Å²) in [6.07, 6.45) is 0.614. The van der Waals surface area contributed by atoms with Crippen molar-refractivity contribution in [1.29, 1.82) is 0 Å². The summed E-state index contributed by atoms with van der Waals surface area (Å²) in [6, 6.07) is 0.605. The summed E-state index contributed by atoms with van der Waals surface area (Å²) in [5.41, 5.74) is -1.20. The number of sulfone groups is 1. The summed E-state index contributed by atoms with van der Waals surface area (Å²) < 4.78 is 95.1. The first kappa shape index (κ1) is 17.7. The summed E-state index contributed by atoms with van der Waals surface area (Å²) in [6.45, 7) is 0. The van der Waals surface area contributed by atoms with Gasteiger partial charge in [0.05, 0.1) is 4.90 Å². The van der Waals surface area contributed by atoms with E-state index in [9.17, 15) is 34.0 Å². The summed E-state index contributed by atoms with van der Waals surface area (Å²) >= 11 is 0. The molecule has 0 aliphatic rings. The summed E-state index contributed by atoms with van der Waals surface area (Å²) in [5.74, 6) is -3.12. The number of anilines is 1. The van der Waals surface area contributed by atoms with Gasteiger partial charge in [-0.15, -0.1) is 0 Å². The van der Waals surface area contributed by atoms with Crippen LogP contribution in [0.1, 0.15) is 0 Å². The average Bonchev–Trinajstić information content (AvgIpc) is 2.18. The van der Waals surface area contributed by atoms with Crippen LogP contribution in [0.15, 0.2) is 17.0 Å². The van der Waals surface area contributed by atoms with Gasteiger partial charge in [0.15, 0.2) is 26.6 Å². The monoisotopic (exact) mass is 364 g/mol. The van der Waals surface area contributed by atoms with E-state index in [4.69, 9.17) is 0 Å². The predicted octanol–water partition coefficient (Wildman–Crippen LogP) is -0.644. The lowest BCUT2D eigenvalue weighted by Crippen LogP contribution is -2.23. The molecule has 120 valence electrons. The second-order valence-corrected chi connectivity index (χ2v) is 9.86. The lowest BCUT2D eigenvalue weighted by Gasteiger charge is -2.10. The fourth-order valence-electron chi connectivity index (χ4n) is 1.28. The topological polar surface area (TPSA) is 140 Å². The molecule has 21 heavy (non-hydrogen) atoms. The number of sulfonamides is 2. The molecule has 0 atom stereocenters. The van der Waals surface area contributed by atoms with Crippen LogP contribution in [0.25, 0.3) is 0 Å². The van der Waals surface area contributed by atoms with Gasteiger partial charge in [-0.3, -0.25) is 4.72 Å². The quantitative estimate of drug-likeness (QED) is 0.712. The van der Waals surface area contributed by atoms with Crippen molar-refractivity contribution in [2.24, 2.45) is 5.14 Å². The van der Waals surface area contributed by atoms with Crippen LogP contribution in [0.3, 0.4) is 0 Å². The summed E-state index contributed by atoms with van der Waals surface area (Å²) in [4.78, 5) is -0.899. The molecule has 1 aromatic carbocycles. The molecule has 0 heterocycles. The van der Waals surface area contributed by atoms with Crippen LogP contribution in [0, 0.1) is 11.6 Å². The third kappa shape index (κ3) is 5.18. The molecule has 0 saturated carbocycles. The van der Waals surface area contributed by atoms with Gasteiger partial charge in [0, 0.05) is 6.26 Å². The van der Waals surface area contributed by atoms with Crippen molar-refractivity contribution in [2.45, 2.75) is 4.90 Å². The van der Waals surface area contributed by atoms with Gasteiger partial charge in [-0.05, 0) is 12.1 Å². The highest BCUT2D eigenvalue weighted by Gasteiger charge is 2.23. The van der Waals surface area contributed by atoms with Crippen molar-refractivity contribution in [3.63, 3.8) is 0 Å². The Kier molecular flexibility index (Phi) is 4.62. The maximum atomic E-state index is 13.6. The first-order valence-corrected chi connectivity index (χ1v) is 10.2. The Morgan fingerprint density at radius 3 is 1.81 bits per heavy atom. The molecule has 0 aromatic heterocycles. The van der Waals surface area contributed by atoms with Crippen LogP contribution < -0.4 is 9.86 Å². The molecule has 0 spiro atoms. The van der Waals surface area contributed by atoms with Crippen molar-refractivity contribution in [3.8, 4) is 0 Å². The van der Waals surface area contributed by atoms with E-state index in [1.165, 1.54) is 4.72 Å². The Morgan fingerprint density at radius 1 is 1.05 bits per heavy atom. The van der Waals surface area contributed by atoms with Gasteiger partial charge in [-0.1, -0.05) is 0 Å². The molecular formula is C8H10F2N2O6S3. The fraction of sp³-hybridized carbons (Fsp3) is 0.250. The number of primary sulfonamides is 1. The van der Waals surface area contributed by atoms with E-state index < -0.39 is 57.2 Å². The van der Waals surface area contributed by atoms with Gasteiger partial charge < -0.3 is 0 Å². The Labute approximate surface area is 120 Å². The SMILES string of the molecule is CS(=O)(=O)CS(=O)(=O)Nc1c(F)cc(S(N)(=O)=O)cc1F. The first-order valence-electron chi connectivity index (χ1n) is 4.91. The maximum absolute atomic E-state index is 13.6. The van der Waals surface area contributed by atoms with Crippen LogP contribution in [-0.4, -0.2) is 36.6 Å². The lowest BCUT2D eigenvalue weighted by molar-refractivity contribution is 0.571. The minimum atomic E-state index is -4.58. The van der Waals surface area contributed by atoms with Crippen LogP contribution in [0.5, 0.6) is 0 Å². The number of hydrogen-bond donors (Lipinski definition) is 2. The molecule has 0 fully saturated rings. The Hall–Kier alpha value is -1.31. The summed E-state index contributed by atoms with van der Waals surface area (Å²) in [5, 5.41) is 3.28. The molecule has 1 rings (SSSR count). The molecule has 0 unspecified atom stereocenters. The predicted molar refractivity (Wildman–Crippen MR) is 70.0 cm³/mol. The molecule has 0 saturated heterocycles. The smallest absolute Gasteiger partial charge is 0.247 e. The fourth-order valence-corrected chi connectivity index (χ4v) is 4.81. The third-order valence-electron chi connectivity index (χ3n) is 1.97. The zero-order chi connectivity index (χ0) is 16.6. The van der Waals surface area contributed by atoms with Crippen LogP contribution in [-0.2, 0) is 29.9 Å². The van der Waals surface area contributed by atoms with Gasteiger partial charge in [-0.2, -0.15) is 0 Å². The number of benzene rings is 1. The molecule has 13 heteroatoms. The third-order valence-corrected chi connectivity index (χ3v) is 6.33. The number of rotatable bonds is 5. The Balaban J connectivity index is 3.29. The molecule has 0 bridgehead atoms. The normalized spacial score (nSPS) is 13.1. The number of nitrogens with one attached hydrogen (secondary N) is 1. The second-order valence-electron chi connectivity index (χ2n) is 4.07. The van der Waals surface area contributed by atoms with E-state index in [1.54, 1.807) is 0 Å². The zero-order valence-corrected chi connectivity index (χ0v) is 12.8. The van der Waals surface area contributed by atoms with Gasteiger partial charge in [0.25, 0.3) is 0 Å². The summed E-state index contributed by atoms with van der Waals surface area (Å²) in [7, 11) is -12.9. The van der Waals surface area contributed by atoms with Crippen molar-refractivity contribution in [1.82, 2.24) is 0 Å². The molecule has 1 aromatic rings. The molecule has 0 aliphatic heterocycles. The van der Waals surface area contributed by atoms with Crippen LogP contribution in [0.2, 0.25) is 0 Å². The number of halogens is 2. The van der Waals surface area contributed by atoms with E-state index in [-0.39, 0.29) is 0 Å². The van der Waals surface area contributed by atoms with E-state index in [1.807, 2.05) is 0 Å². The van der Waals surface area contributed by atoms with E-state index in [2.05, 4.69) is 5.14 Å². The standard InChI is InChI=1S/C8H10F2N2O6S3/c1-19(13,14)4-20(15,16)12-8-6(9)2-5(3-7(8)10)21(11,17)18/h2-3,12H,4H2,1H3,(H2,11,17,18). The number of hydrogen-bond acceptors (Lipinski definition) is 6. The van der Waals surface area contributed by atoms with Crippen molar-refractivity contribution in [3.05, 3.63) is 23.8 Å². The lowest BCUT2D eigenvalue weighted by atomic mass is 10.3.